The first kappa shape index (κ1) is 28.9. The minimum atomic E-state index is -3.07. The van der Waals surface area contributed by atoms with Crippen LogP contribution < -0.4 is 16.4 Å². The number of carbonyl (C=O) groups excluding carboxylic acids is 3. The molecule has 0 aliphatic rings. The highest BCUT2D eigenvalue weighted by Gasteiger charge is 2.30. The van der Waals surface area contributed by atoms with E-state index in [1.54, 1.807) is 0 Å². The van der Waals surface area contributed by atoms with Gasteiger partial charge in [-0.15, -0.1) is 0 Å². The van der Waals surface area contributed by atoms with E-state index in [2.05, 4.69) is 15.4 Å². The average Bonchev–Trinajstić information content (AvgIpc) is 2.85. The van der Waals surface area contributed by atoms with Gasteiger partial charge >= 0.3 is 12.6 Å². The molecule has 0 radical (unpaired) electrons. The minimum Gasteiger partial charge on any atom is -0.459 e. The molecule has 0 aromatic heterocycles. The molecule has 2 amide bonds. The number of benzene rings is 2. The summed E-state index contributed by atoms with van der Waals surface area (Å²) >= 11 is 0. The van der Waals surface area contributed by atoms with Gasteiger partial charge in [-0.1, -0.05) is 74.5 Å². The molecule has 0 bridgehead atoms. The molecule has 0 fully saturated rings. The SMILES string of the molecule is CC(C)C[C@H](NC(=O)[C@@H](N)COC(F)F)C(=O)N[C@@H](Cc1ccccc1)C(=O)OCc1ccccc1. The summed E-state index contributed by atoms with van der Waals surface area (Å²) in [5.74, 6) is -2.07. The van der Waals surface area contributed by atoms with Gasteiger partial charge in [0.2, 0.25) is 11.8 Å². The van der Waals surface area contributed by atoms with Crippen LogP contribution in [0, 0.1) is 5.92 Å². The second kappa shape index (κ2) is 14.9. The van der Waals surface area contributed by atoms with Gasteiger partial charge in [0.15, 0.2) is 0 Å². The second-order valence-corrected chi connectivity index (χ2v) is 8.74. The van der Waals surface area contributed by atoms with Gasteiger partial charge < -0.3 is 25.8 Å². The molecule has 10 heteroatoms. The van der Waals surface area contributed by atoms with Crippen molar-refractivity contribution in [3.8, 4) is 0 Å². The Morgan fingerprint density at radius 2 is 1.42 bits per heavy atom. The highest BCUT2D eigenvalue weighted by molar-refractivity contribution is 5.92. The van der Waals surface area contributed by atoms with Crippen LogP contribution in [0.15, 0.2) is 60.7 Å². The smallest absolute Gasteiger partial charge is 0.345 e. The number of hydrogen-bond acceptors (Lipinski definition) is 6. The molecule has 0 saturated carbocycles. The fraction of sp³-hybridized carbons (Fsp3) is 0.423. The van der Waals surface area contributed by atoms with Crippen LogP contribution in [0.3, 0.4) is 0 Å². The number of ether oxygens (including phenoxy) is 2. The third-order valence-electron chi connectivity index (χ3n) is 5.19. The van der Waals surface area contributed by atoms with E-state index < -0.39 is 49.1 Å². The summed E-state index contributed by atoms with van der Waals surface area (Å²) in [5, 5.41) is 5.17. The first-order valence-electron chi connectivity index (χ1n) is 11.7. The third kappa shape index (κ3) is 10.5. The monoisotopic (exact) mass is 505 g/mol. The summed E-state index contributed by atoms with van der Waals surface area (Å²) in [6.45, 7) is -0.0447. The zero-order valence-electron chi connectivity index (χ0n) is 20.4. The zero-order valence-corrected chi connectivity index (χ0v) is 20.4. The number of rotatable bonds is 14. The molecule has 0 spiro atoms. The maximum atomic E-state index is 13.2. The Morgan fingerprint density at radius 1 is 0.861 bits per heavy atom. The number of amides is 2. The molecule has 2 aromatic carbocycles. The lowest BCUT2D eigenvalue weighted by Crippen LogP contribution is -2.56. The minimum absolute atomic E-state index is 0.00723. The normalized spacial score (nSPS) is 13.6. The maximum Gasteiger partial charge on any atom is 0.345 e. The zero-order chi connectivity index (χ0) is 26.5. The lowest BCUT2D eigenvalue weighted by atomic mass is 10.0. The quantitative estimate of drug-likeness (QED) is 0.340. The lowest BCUT2D eigenvalue weighted by molar-refractivity contribution is -0.149. The van der Waals surface area contributed by atoms with Gasteiger partial charge in [0.25, 0.3) is 0 Å². The van der Waals surface area contributed by atoms with Crippen molar-refractivity contribution in [2.45, 2.75) is 58.0 Å². The molecule has 0 unspecified atom stereocenters. The molecule has 4 N–H and O–H groups in total. The summed E-state index contributed by atoms with van der Waals surface area (Å²) in [6.07, 6.45) is 0.404. The van der Waals surface area contributed by atoms with Gasteiger partial charge in [-0.3, -0.25) is 9.59 Å². The molecule has 8 nitrogen and oxygen atoms in total. The van der Waals surface area contributed by atoms with E-state index in [9.17, 15) is 23.2 Å². The summed E-state index contributed by atoms with van der Waals surface area (Å²) in [5.41, 5.74) is 7.21. The topological polar surface area (TPSA) is 120 Å². The fourth-order valence-electron chi connectivity index (χ4n) is 3.38. The highest BCUT2D eigenvalue weighted by Crippen LogP contribution is 2.10. The fourth-order valence-corrected chi connectivity index (χ4v) is 3.38. The van der Waals surface area contributed by atoms with Crippen molar-refractivity contribution in [2.75, 3.05) is 6.61 Å². The predicted octanol–water partition coefficient (Wildman–Crippen LogP) is 2.55. The molecular weight excluding hydrogens is 472 g/mol. The molecule has 0 aliphatic heterocycles. The van der Waals surface area contributed by atoms with Crippen molar-refractivity contribution in [3.05, 3.63) is 71.8 Å². The predicted molar refractivity (Wildman–Crippen MR) is 130 cm³/mol. The molecular formula is C26H33F2N3O5. The Balaban J connectivity index is 2.12. The lowest BCUT2D eigenvalue weighted by Gasteiger charge is -2.25. The molecule has 3 atom stereocenters. The average molecular weight is 506 g/mol. The van der Waals surface area contributed by atoms with E-state index in [1.807, 2.05) is 74.5 Å². The first-order valence-corrected chi connectivity index (χ1v) is 11.7. The van der Waals surface area contributed by atoms with E-state index in [0.29, 0.717) is 0 Å². The van der Waals surface area contributed by atoms with E-state index in [4.69, 9.17) is 10.5 Å². The number of carbonyl (C=O) groups is 3. The van der Waals surface area contributed by atoms with E-state index >= 15 is 0 Å². The Kier molecular flexibility index (Phi) is 11.9. The Bertz CT molecular complexity index is 961. The van der Waals surface area contributed by atoms with E-state index in [1.165, 1.54) is 0 Å². The molecule has 0 aliphatic carbocycles. The van der Waals surface area contributed by atoms with Crippen LogP contribution in [0.5, 0.6) is 0 Å². The van der Waals surface area contributed by atoms with Gasteiger partial charge in [-0.05, 0) is 23.5 Å². The Labute approximate surface area is 209 Å². The summed E-state index contributed by atoms with van der Waals surface area (Å²) < 4.78 is 34.1. The number of hydrogen-bond donors (Lipinski definition) is 3. The third-order valence-corrected chi connectivity index (χ3v) is 5.19. The van der Waals surface area contributed by atoms with Crippen LogP contribution in [0.4, 0.5) is 8.78 Å². The van der Waals surface area contributed by atoms with Crippen molar-refractivity contribution in [1.29, 1.82) is 0 Å². The summed E-state index contributed by atoms with van der Waals surface area (Å²) in [4.78, 5) is 38.5. The van der Waals surface area contributed by atoms with Gasteiger partial charge in [0.1, 0.15) is 24.7 Å². The van der Waals surface area contributed by atoms with Crippen LogP contribution in [0.1, 0.15) is 31.4 Å². The molecule has 0 heterocycles. The number of alkyl halides is 2. The Hall–Kier alpha value is -3.37. The number of esters is 1. The number of halogens is 2. The van der Waals surface area contributed by atoms with Crippen LogP contribution in [-0.4, -0.2) is 49.1 Å². The van der Waals surface area contributed by atoms with E-state index in [-0.39, 0.29) is 25.4 Å². The van der Waals surface area contributed by atoms with Crippen LogP contribution >= 0.6 is 0 Å². The van der Waals surface area contributed by atoms with Crippen molar-refractivity contribution in [2.24, 2.45) is 11.7 Å². The van der Waals surface area contributed by atoms with E-state index in [0.717, 1.165) is 11.1 Å². The van der Waals surface area contributed by atoms with Crippen molar-refractivity contribution in [1.82, 2.24) is 10.6 Å². The maximum absolute atomic E-state index is 13.2. The Morgan fingerprint density at radius 3 is 1.97 bits per heavy atom. The van der Waals surface area contributed by atoms with Gasteiger partial charge in [0.05, 0.1) is 6.61 Å². The summed E-state index contributed by atoms with van der Waals surface area (Å²) in [7, 11) is 0. The van der Waals surface area contributed by atoms with Gasteiger partial charge in [-0.25, -0.2) is 4.79 Å². The van der Waals surface area contributed by atoms with Crippen LogP contribution in [0.2, 0.25) is 0 Å². The van der Waals surface area contributed by atoms with Crippen molar-refractivity contribution < 1.29 is 32.6 Å². The largest absolute Gasteiger partial charge is 0.459 e. The standard InChI is InChI=1S/C26H33F2N3O5/c1-17(2)13-21(30-23(32)20(29)16-36-26(27)28)24(33)31-22(14-18-9-5-3-6-10-18)25(34)35-15-19-11-7-4-8-12-19/h3-12,17,20-22,26H,13-16,29H2,1-2H3,(H,30,32)(H,31,33)/t20-,21-,22-/m0/s1. The molecule has 0 saturated heterocycles. The van der Waals surface area contributed by atoms with Crippen LogP contribution in [-0.2, 0) is 36.9 Å². The first-order chi connectivity index (χ1) is 17.2. The van der Waals surface area contributed by atoms with Crippen molar-refractivity contribution in [3.63, 3.8) is 0 Å². The molecule has 2 rings (SSSR count). The highest BCUT2D eigenvalue weighted by atomic mass is 19.3. The number of nitrogens with one attached hydrogen (secondary N) is 2. The number of nitrogens with two attached hydrogens (primary N) is 1. The van der Waals surface area contributed by atoms with Crippen LogP contribution in [0.25, 0.3) is 0 Å². The molecule has 2 aromatic rings. The van der Waals surface area contributed by atoms with Gasteiger partial charge in [-0.2, -0.15) is 8.78 Å². The molecule has 36 heavy (non-hydrogen) atoms. The van der Waals surface area contributed by atoms with Gasteiger partial charge in [0, 0.05) is 6.42 Å². The van der Waals surface area contributed by atoms with Crippen molar-refractivity contribution >= 4 is 17.8 Å². The second-order valence-electron chi connectivity index (χ2n) is 8.74. The molecule has 196 valence electrons. The summed E-state index contributed by atoms with van der Waals surface area (Å²) in [6, 6.07) is 14.8.